The minimum atomic E-state index is 0.792. The average molecular weight is 200 g/mol. The average Bonchev–Trinajstić information content (AvgIpc) is 2.11. The van der Waals surface area contributed by atoms with Gasteiger partial charge in [-0.2, -0.15) is 0 Å². The molecule has 0 aliphatic carbocycles. The molecule has 1 rings (SSSR count). The maximum Gasteiger partial charge on any atom is 0.0579 e. The Morgan fingerprint density at radius 3 is 2.09 bits per heavy atom. The van der Waals surface area contributed by atoms with Crippen LogP contribution < -0.4 is 0 Å². The summed E-state index contributed by atoms with van der Waals surface area (Å²) in [4.78, 5) is 2.44. The fourth-order valence-electron chi connectivity index (χ4n) is 1.30. The van der Waals surface area contributed by atoms with Crippen molar-refractivity contribution in [2.75, 3.05) is 25.5 Å². The summed E-state index contributed by atoms with van der Waals surface area (Å²) >= 11 is 9.23. The molecule has 0 aromatic carbocycles. The summed E-state index contributed by atoms with van der Waals surface area (Å²) in [6.07, 6.45) is 4.16. The molecular formula is C7H15Cl2NO. The molecule has 1 saturated heterocycles. The van der Waals surface area contributed by atoms with E-state index in [2.05, 4.69) is 16.8 Å². The van der Waals surface area contributed by atoms with Gasteiger partial charge in [0.15, 0.2) is 0 Å². The number of hydrogen-bond acceptors (Lipinski definition) is 2. The predicted molar refractivity (Wildman–Crippen MR) is 49.1 cm³/mol. The van der Waals surface area contributed by atoms with E-state index in [1.807, 2.05) is 0 Å². The number of halogens is 2. The summed E-state index contributed by atoms with van der Waals surface area (Å²) in [5.74, 6) is 0.792. The van der Waals surface area contributed by atoms with Crippen LogP contribution >= 0.6 is 23.5 Å². The minimum absolute atomic E-state index is 0.792. The molecule has 0 atom stereocenters. The van der Waals surface area contributed by atoms with E-state index in [0.29, 0.717) is 0 Å². The second-order valence-electron chi connectivity index (χ2n) is 2.59. The lowest BCUT2D eigenvalue weighted by Gasteiger charge is -2.25. The van der Waals surface area contributed by atoms with Crippen LogP contribution in [-0.4, -0.2) is 35.1 Å². The summed E-state index contributed by atoms with van der Waals surface area (Å²) in [6, 6.07) is 0. The predicted octanol–water partition coefficient (Wildman–Crippen LogP) is 1.84. The van der Waals surface area contributed by atoms with Gasteiger partial charge in [-0.25, -0.2) is 0 Å². The molecule has 11 heavy (non-hydrogen) atoms. The summed E-state index contributed by atoms with van der Waals surface area (Å²) in [5, 5.41) is 0. The third-order valence-corrected chi connectivity index (χ3v) is 2.02. The van der Waals surface area contributed by atoms with Crippen LogP contribution in [-0.2, 0) is 0 Å². The lowest BCUT2D eigenvalue weighted by atomic mass is 10.1. The van der Waals surface area contributed by atoms with Crippen LogP contribution in [0.1, 0.15) is 19.3 Å². The van der Waals surface area contributed by atoms with Crippen molar-refractivity contribution in [1.29, 1.82) is 0 Å². The molecule has 1 heterocycles. The van der Waals surface area contributed by atoms with Crippen LogP contribution in [0, 0.1) is 0 Å². The van der Waals surface area contributed by atoms with Crippen molar-refractivity contribution >= 4 is 23.5 Å². The molecule has 1 aliphatic heterocycles. The Labute approximate surface area is 78.3 Å². The first kappa shape index (κ1) is 11.5. The Morgan fingerprint density at radius 2 is 1.64 bits per heavy atom. The number of piperidine rings is 1. The Morgan fingerprint density at radius 1 is 1.09 bits per heavy atom. The van der Waals surface area contributed by atoms with Crippen molar-refractivity contribution in [2.24, 2.45) is 0 Å². The standard InChI is InChI=1S/C7H14ClN.ClHO/c8-4-7-9-5-2-1-3-6-9;1-2/h1-7H2;2H. The van der Waals surface area contributed by atoms with Gasteiger partial charge in [-0.05, 0) is 25.9 Å². The van der Waals surface area contributed by atoms with Crippen molar-refractivity contribution in [3.63, 3.8) is 0 Å². The molecule has 0 unspecified atom stereocenters. The van der Waals surface area contributed by atoms with Gasteiger partial charge >= 0.3 is 0 Å². The topological polar surface area (TPSA) is 23.5 Å². The molecule has 2 nitrogen and oxygen atoms in total. The van der Waals surface area contributed by atoms with Crippen LogP contribution in [0.15, 0.2) is 0 Å². The number of likely N-dealkylation sites (tertiary alicyclic amines) is 1. The lowest BCUT2D eigenvalue weighted by molar-refractivity contribution is 0.241. The van der Waals surface area contributed by atoms with Gasteiger partial charge in [-0.3, -0.25) is 4.66 Å². The van der Waals surface area contributed by atoms with Crippen LogP contribution in [0.2, 0.25) is 0 Å². The van der Waals surface area contributed by atoms with E-state index in [1.54, 1.807) is 0 Å². The molecule has 1 N–H and O–H groups in total. The highest BCUT2D eigenvalue weighted by atomic mass is 35.5. The first-order valence-electron chi connectivity index (χ1n) is 3.88. The molecule has 0 radical (unpaired) electrons. The van der Waals surface area contributed by atoms with Gasteiger partial charge in [0, 0.05) is 12.4 Å². The van der Waals surface area contributed by atoms with Gasteiger partial charge in [0.25, 0.3) is 0 Å². The van der Waals surface area contributed by atoms with Gasteiger partial charge < -0.3 is 4.90 Å². The zero-order valence-corrected chi connectivity index (χ0v) is 8.11. The van der Waals surface area contributed by atoms with E-state index in [0.717, 1.165) is 12.4 Å². The lowest BCUT2D eigenvalue weighted by Crippen LogP contribution is -2.31. The summed E-state index contributed by atoms with van der Waals surface area (Å²) in [5.41, 5.74) is 0. The highest BCUT2D eigenvalue weighted by Crippen LogP contribution is 2.07. The maximum absolute atomic E-state index is 6.47. The fourth-order valence-corrected chi connectivity index (χ4v) is 1.54. The summed E-state index contributed by atoms with van der Waals surface area (Å²) in [6.45, 7) is 3.63. The zero-order valence-electron chi connectivity index (χ0n) is 6.60. The van der Waals surface area contributed by atoms with E-state index >= 15 is 0 Å². The number of hydrogen-bond donors (Lipinski definition) is 1. The van der Waals surface area contributed by atoms with Gasteiger partial charge in [-0.1, -0.05) is 6.42 Å². The van der Waals surface area contributed by atoms with Crippen LogP contribution in [0.4, 0.5) is 0 Å². The molecule has 1 fully saturated rings. The SMILES string of the molecule is ClCCN1CCCCC1.OCl. The molecular weight excluding hydrogens is 185 g/mol. The normalized spacial score (nSPS) is 18.8. The largest absolute Gasteiger partial charge is 0.302 e. The van der Waals surface area contributed by atoms with Crippen molar-refractivity contribution in [2.45, 2.75) is 19.3 Å². The van der Waals surface area contributed by atoms with Crippen molar-refractivity contribution in [3.8, 4) is 0 Å². The number of alkyl halides is 1. The Bertz CT molecular complexity index is 74.1. The highest BCUT2D eigenvalue weighted by molar-refractivity contribution is 6.18. The molecule has 0 aromatic rings. The smallest absolute Gasteiger partial charge is 0.0579 e. The molecule has 0 spiro atoms. The van der Waals surface area contributed by atoms with Gasteiger partial charge in [-0.15, -0.1) is 11.6 Å². The zero-order chi connectivity index (χ0) is 8.53. The highest BCUT2D eigenvalue weighted by Gasteiger charge is 2.07. The molecule has 68 valence electrons. The molecule has 0 saturated carbocycles. The van der Waals surface area contributed by atoms with Crippen LogP contribution in [0.25, 0.3) is 0 Å². The third-order valence-electron chi connectivity index (χ3n) is 1.85. The monoisotopic (exact) mass is 199 g/mol. The van der Waals surface area contributed by atoms with Gasteiger partial charge in [0.05, 0.1) is 11.9 Å². The van der Waals surface area contributed by atoms with Crippen molar-refractivity contribution in [1.82, 2.24) is 4.90 Å². The molecule has 1 aliphatic rings. The van der Waals surface area contributed by atoms with E-state index in [9.17, 15) is 0 Å². The number of rotatable bonds is 2. The minimum Gasteiger partial charge on any atom is -0.302 e. The van der Waals surface area contributed by atoms with Gasteiger partial charge in [0.1, 0.15) is 0 Å². The van der Waals surface area contributed by atoms with E-state index in [4.69, 9.17) is 16.3 Å². The molecule has 0 amide bonds. The summed E-state index contributed by atoms with van der Waals surface area (Å²) in [7, 11) is 0. The fraction of sp³-hybridized carbons (Fsp3) is 1.00. The Kier molecular flexibility index (Phi) is 8.99. The third kappa shape index (κ3) is 5.74. The van der Waals surface area contributed by atoms with Crippen LogP contribution in [0.5, 0.6) is 0 Å². The maximum atomic E-state index is 6.47. The van der Waals surface area contributed by atoms with E-state index in [-0.39, 0.29) is 0 Å². The Hall–Kier alpha value is 0.500. The second kappa shape index (κ2) is 8.60. The van der Waals surface area contributed by atoms with E-state index < -0.39 is 0 Å². The summed E-state index contributed by atoms with van der Waals surface area (Å²) < 4.78 is 6.47. The number of nitrogens with zero attached hydrogens (tertiary/aromatic N) is 1. The molecule has 0 aromatic heterocycles. The quantitative estimate of drug-likeness (QED) is 0.687. The van der Waals surface area contributed by atoms with Crippen molar-refractivity contribution < 1.29 is 4.66 Å². The first-order valence-corrected chi connectivity index (χ1v) is 4.76. The van der Waals surface area contributed by atoms with Gasteiger partial charge in [0.2, 0.25) is 0 Å². The van der Waals surface area contributed by atoms with E-state index in [1.165, 1.54) is 32.4 Å². The van der Waals surface area contributed by atoms with Crippen LogP contribution in [0.3, 0.4) is 0 Å². The Balaban J connectivity index is 0.000000461. The second-order valence-corrected chi connectivity index (χ2v) is 2.97. The molecule has 0 bridgehead atoms. The van der Waals surface area contributed by atoms with Crippen molar-refractivity contribution in [3.05, 3.63) is 0 Å². The molecule has 4 heteroatoms. The first-order chi connectivity index (χ1) is 5.43.